The van der Waals surface area contributed by atoms with Crippen LogP contribution in [0.1, 0.15) is 61.7 Å². The minimum atomic E-state index is -5.12. The zero-order valence-electron chi connectivity index (χ0n) is 26.9. The maximum absolute atomic E-state index is 14.1. The van der Waals surface area contributed by atoms with Gasteiger partial charge in [-0.1, -0.05) is 10.6 Å². The third-order valence-corrected chi connectivity index (χ3v) is 10.7. The van der Waals surface area contributed by atoms with E-state index in [0.717, 1.165) is 30.1 Å². The molecule has 3 aliphatic heterocycles. The first kappa shape index (κ1) is 36.1. The van der Waals surface area contributed by atoms with Crippen LogP contribution in [-0.2, 0) is 18.8 Å². The van der Waals surface area contributed by atoms with Crippen LogP contribution in [0.4, 0.5) is 35.1 Å². The second kappa shape index (κ2) is 14.1. The number of aromatic nitrogens is 2. The van der Waals surface area contributed by atoms with E-state index in [2.05, 4.69) is 19.4 Å². The molecule has 0 aliphatic carbocycles. The van der Waals surface area contributed by atoms with Gasteiger partial charge in [-0.2, -0.15) is 26.3 Å². The van der Waals surface area contributed by atoms with Crippen LogP contribution in [0.2, 0.25) is 0 Å². The molecule has 3 unspecified atom stereocenters. The van der Waals surface area contributed by atoms with Crippen LogP contribution in [0.5, 0.6) is 0 Å². The fourth-order valence-electron chi connectivity index (χ4n) is 7.27. The van der Waals surface area contributed by atoms with Gasteiger partial charge in [0.2, 0.25) is 0 Å². The Kier molecular flexibility index (Phi) is 10.2. The molecule has 1 aromatic heterocycles. The molecule has 3 fully saturated rings. The van der Waals surface area contributed by atoms with Crippen LogP contribution in [-0.4, -0.2) is 105 Å². The lowest BCUT2D eigenvalue weighted by Gasteiger charge is -2.47. The van der Waals surface area contributed by atoms with Crippen molar-refractivity contribution in [2.75, 3.05) is 45.8 Å². The fraction of sp³-hybridized carbons (Fsp3) is 0.515. The Labute approximate surface area is 286 Å². The standard InChI is InChI=1S/C33H34F8N6O2S/c1-19-29(50-43-42-19)31(49)46-6-4-25(18-46)45-10-8-44(9-11-45)24-5-7-47(26(17-24)12-20-2-3-27(34)28(35)13-20)30(48)21-14-22(32(36,37)38)16-23(15-21)33(39,40)41/h2-3,13-16,24-26H,4-12,17-18H2,1H3. The van der Waals surface area contributed by atoms with Crippen LogP contribution in [0.15, 0.2) is 36.4 Å². The molecule has 4 heterocycles. The molecule has 0 saturated carbocycles. The average molecular weight is 731 g/mol. The van der Waals surface area contributed by atoms with Crippen LogP contribution < -0.4 is 0 Å². The summed E-state index contributed by atoms with van der Waals surface area (Å²) in [5.41, 5.74) is -2.99. The monoisotopic (exact) mass is 730 g/mol. The first-order valence-electron chi connectivity index (χ1n) is 16.2. The number of piperazine rings is 1. The van der Waals surface area contributed by atoms with Crippen molar-refractivity contribution in [1.29, 1.82) is 0 Å². The number of halogens is 8. The number of alkyl halides is 6. The first-order valence-corrected chi connectivity index (χ1v) is 17.0. The van der Waals surface area contributed by atoms with E-state index in [1.807, 2.05) is 4.90 Å². The number of rotatable bonds is 6. The molecule has 3 aliphatic rings. The summed E-state index contributed by atoms with van der Waals surface area (Å²) in [5, 5.41) is 3.93. The summed E-state index contributed by atoms with van der Waals surface area (Å²) in [7, 11) is 0. The summed E-state index contributed by atoms with van der Waals surface area (Å²) in [6.45, 7) is 5.76. The van der Waals surface area contributed by atoms with Crippen molar-refractivity contribution in [3.05, 3.63) is 80.9 Å². The highest BCUT2D eigenvalue weighted by Gasteiger charge is 2.41. The van der Waals surface area contributed by atoms with E-state index in [1.165, 1.54) is 11.0 Å². The lowest BCUT2D eigenvalue weighted by Crippen LogP contribution is -2.58. The third kappa shape index (κ3) is 7.78. The zero-order valence-corrected chi connectivity index (χ0v) is 27.7. The summed E-state index contributed by atoms with van der Waals surface area (Å²) >= 11 is 1.08. The predicted molar refractivity (Wildman–Crippen MR) is 166 cm³/mol. The van der Waals surface area contributed by atoms with Gasteiger partial charge in [0, 0.05) is 69.5 Å². The van der Waals surface area contributed by atoms with Gasteiger partial charge in [-0.15, -0.1) is 5.10 Å². The Morgan fingerprint density at radius 3 is 2.00 bits per heavy atom. The Hall–Kier alpha value is -3.70. The Morgan fingerprint density at radius 1 is 0.800 bits per heavy atom. The number of hydrogen-bond donors (Lipinski definition) is 0. The van der Waals surface area contributed by atoms with Gasteiger partial charge in [0.1, 0.15) is 4.88 Å². The molecule has 2 amide bonds. The van der Waals surface area contributed by atoms with E-state index in [9.17, 15) is 44.7 Å². The molecule has 6 rings (SSSR count). The molecule has 0 spiro atoms. The molecule has 3 saturated heterocycles. The molecular weight excluding hydrogens is 696 g/mol. The van der Waals surface area contributed by atoms with Crippen molar-refractivity contribution in [2.45, 2.75) is 63.1 Å². The number of nitrogens with zero attached hydrogens (tertiary/aromatic N) is 6. The molecule has 3 atom stereocenters. The van der Waals surface area contributed by atoms with Crippen molar-refractivity contribution in [2.24, 2.45) is 0 Å². The Bertz CT molecular complexity index is 1690. The number of aryl methyl sites for hydroxylation is 1. The van der Waals surface area contributed by atoms with E-state index >= 15 is 0 Å². The largest absolute Gasteiger partial charge is 0.416 e. The number of carbonyl (C=O) groups excluding carboxylic acids is 2. The van der Waals surface area contributed by atoms with Crippen LogP contribution >= 0.6 is 11.5 Å². The fourth-order valence-corrected chi connectivity index (χ4v) is 7.89. The maximum Gasteiger partial charge on any atom is 0.416 e. The lowest BCUT2D eigenvalue weighted by molar-refractivity contribution is -0.143. The van der Waals surface area contributed by atoms with Crippen LogP contribution in [0.3, 0.4) is 0 Å². The number of amides is 2. The van der Waals surface area contributed by atoms with E-state index in [4.69, 9.17) is 0 Å². The maximum atomic E-state index is 14.1. The van der Waals surface area contributed by atoms with Gasteiger partial charge >= 0.3 is 12.4 Å². The van der Waals surface area contributed by atoms with Crippen molar-refractivity contribution in [3.8, 4) is 0 Å². The van der Waals surface area contributed by atoms with Gasteiger partial charge in [0.25, 0.3) is 11.8 Å². The van der Waals surface area contributed by atoms with Gasteiger partial charge < -0.3 is 9.80 Å². The van der Waals surface area contributed by atoms with Gasteiger partial charge in [0.05, 0.1) is 16.8 Å². The van der Waals surface area contributed by atoms with Crippen molar-refractivity contribution >= 4 is 23.3 Å². The van der Waals surface area contributed by atoms with Crippen LogP contribution in [0, 0.1) is 18.6 Å². The summed E-state index contributed by atoms with van der Waals surface area (Å²) in [4.78, 5) is 34.9. The van der Waals surface area contributed by atoms with E-state index in [1.54, 1.807) is 6.92 Å². The number of benzene rings is 2. The van der Waals surface area contributed by atoms with Crippen LogP contribution in [0.25, 0.3) is 0 Å². The highest BCUT2D eigenvalue weighted by molar-refractivity contribution is 7.07. The molecule has 0 bridgehead atoms. The molecule has 270 valence electrons. The highest BCUT2D eigenvalue weighted by Crippen LogP contribution is 2.37. The molecule has 0 N–H and O–H groups in total. The SMILES string of the molecule is Cc1nnsc1C(=O)N1CCC(N2CCN(C3CCN(C(=O)c4cc(C(F)(F)F)cc(C(F)(F)F)c4)C(Cc4ccc(F)c(F)c4)C3)CC2)C1. The van der Waals surface area contributed by atoms with E-state index in [-0.39, 0.29) is 37.0 Å². The van der Waals surface area contributed by atoms with E-state index in [0.29, 0.717) is 80.4 Å². The minimum Gasteiger partial charge on any atom is -0.336 e. The normalized spacial score (nSPS) is 22.7. The molecule has 50 heavy (non-hydrogen) atoms. The van der Waals surface area contributed by atoms with Crippen molar-refractivity contribution in [1.82, 2.24) is 29.2 Å². The van der Waals surface area contributed by atoms with Crippen molar-refractivity contribution < 1.29 is 44.7 Å². The molecule has 0 radical (unpaired) electrons. The molecule has 8 nitrogen and oxygen atoms in total. The summed E-state index contributed by atoms with van der Waals surface area (Å²) in [6, 6.07) is 3.46. The number of carbonyl (C=O) groups is 2. The zero-order chi connectivity index (χ0) is 36.0. The van der Waals surface area contributed by atoms with Gasteiger partial charge in [0.15, 0.2) is 11.6 Å². The molecule has 2 aromatic carbocycles. The molecule has 17 heteroatoms. The van der Waals surface area contributed by atoms with Gasteiger partial charge in [-0.3, -0.25) is 19.4 Å². The van der Waals surface area contributed by atoms with Gasteiger partial charge in [-0.25, -0.2) is 8.78 Å². The number of hydrogen-bond acceptors (Lipinski definition) is 7. The average Bonchev–Trinajstić information content (AvgIpc) is 3.75. The summed E-state index contributed by atoms with van der Waals surface area (Å²) < 4.78 is 113. The number of piperidine rings is 1. The summed E-state index contributed by atoms with van der Waals surface area (Å²) in [6.07, 6.45) is -8.67. The second-order valence-electron chi connectivity index (χ2n) is 13.0. The highest BCUT2D eigenvalue weighted by atomic mass is 32.1. The predicted octanol–water partition coefficient (Wildman–Crippen LogP) is 5.91. The summed E-state index contributed by atoms with van der Waals surface area (Å²) in [5.74, 6) is -3.26. The van der Waals surface area contributed by atoms with Crippen molar-refractivity contribution in [3.63, 3.8) is 0 Å². The molecular formula is C33H34F8N6O2S. The number of likely N-dealkylation sites (tertiary alicyclic amines) is 2. The Morgan fingerprint density at radius 2 is 1.42 bits per heavy atom. The third-order valence-electron chi connectivity index (χ3n) is 9.92. The first-order chi connectivity index (χ1) is 23.6. The molecule has 3 aromatic rings. The topological polar surface area (TPSA) is 72.9 Å². The van der Waals surface area contributed by atoms with Gasteiger partial charge in [-0.05, 0) is 80.0 Å². The minimum absolute atomic E-state index is 0.0190. The lowest BCUT2D eigenvalue weighted by atomic mass is 9.90. The smallest absolute Gasteiger partial charge is 0.336 e. The second-order valence-corrected chi connectivity index (χ2v) is 13.8. The quantitative estimate of drug-likeness (QED) is 0.294. The van der Waals surface area contributed by atoms with E-state index < -0.39 is 52.6 Å². The Balaban J connectivity index is 1.16.